The van der Waals surface area contributed by atoms with Crippen LogP contribution in [0.3, 0.4) is 0 Å². The second-order valence-corrected chi connectivity index (χ2v) is 7.18. The van der Waals surface area contributed by atoms with Crippen LogP contribution in [0.5, 0.6) is 0 Å². The topological polar surface area (TPSA) is 98.3 Å². The lowest BCUT2D eigenvalue weighted by atomic mass is 10.1. The summed E-state index contributed by atoms with van der Waals surface area (Å²) < 4.78 is 5.89. The van der Waals surface area contributed by atoms with Crippen molar-refractivity contribution in [3.63, 3.8) is 0 Å². The highest BCUT2D eigenvalue weighted by Gasteiger charge is 2.11. The number of amides is 1. The number of nitro benzene ring substituents is 1. The molecule has 0 bridgehead atoms. The summed E-state index contributed by atoms with van der Waals surface area (Å²) >= 11 is 0. The molecule has 1 amide bonds. The molecule has 0 aliphatic rings. The van der Waals surface area contributed by atoms with Crippen molar-refractivity contribution in [3.05, 3.63) is 93.5 Å². The highest BCUT2D eigenvalue weighted by atomic mass is 16.6. The molecular weight excluding hydrogens is 394 g/mol. The van der Waals surface area contributed by atoms with E-state index in [2.05, 4.69) is 10.3 Å². The first-order valence-corrected chi connectivity index (χ1v) is 9.61. The van der Waals surface area contributed by atoms with Crippen molar-refractivity contribution in [1.82, 2.24) is 4.98 Å². The van der Waals surface area contributed by atoms with Gasteiger partial charge < -0.3 is 9.73 Å². The van der Waals surface area contributed by atoms with Gasteiger partial charge in [-0.1, -0.05) is 18.2 Å². The number of aryl methyl sites for hydroxylation is 2. The molecule has 7 heteroatoms. The molecule has 0 atom stereocenters. The Kier molecular flexibility index (Phi) is 5.32. The Morgan fingerprint density at radius 3 is 2.65 bits per heavy atom. The van der Waals surface area contributed by atoms with Crippen LogP contribution >= 0.6 is 0 Å². The number of fused-ring (bicyclic) bond motifs is 1. The summed E-state index contributed by atoms with van der Waals surface area (Å²) in [5.41, 5.74) is 5.64. The van der Waals surface area contributed by atoms with Crippen LogP contribution in [0.4, 0.5) is 11.4 Å². The molecular formula is C24H19N3O4. The number of hydrogen-bond donors (Lipinski definition) is 1. The van der Waals surface area contributed by atoms with Crippen molar-refractivity contribution >= 4 is 34.5 Å². The van der Waals surface area contributed by atoms with E-state index in [-0.39, 0.29) is 11.6 Å². The molecule has 0 aliphatic heterocycles. The maximum absolute atomic E-state index is 12.3. The maximum Gasteiger partial charge on any atom is 0.270 e. The number of hydrogen-bond acceptors (Lipinski definition) is 5. The van der Waals surface area contributed by atoms with Crippen LogP contribution in [0.15, 0.2) is 71.2 Å². The molecule has 0 radical (unpaired) electrons. The number of carbonyl (C=O) groups is 1. The minimum Gasteiger partial charge on any atom is -0.436 e. The molecule has 0 aliphatic carbocycles. The van der Waals surface area contributed by atoms with Gasteiger partial charge in [0.15, 0.2) is 5.58 Å². The van der Waals surface area contributed by atoms with Crippen LogP contribution in [0.2, 0.25) is 0 Å². The van der Waals surface area contributed by atoms with Gasteiger partial charge in [-0.15, -0.1) is 0 Å². The Labute approximate surface area is 178 Å². The number of non-ortho nitro benzene ring substituents is 1. The zero-order chi connectivity index (χ0) is 22.0. The van der Waals surface area contributed by atoms with E-state index in [1.165, 1.54) is 24.3 Å². The predicted octanol–water partition coefficient (Wildman–Crippen LogP) is 5.67. The summed E-state index contributed by atoms with van der Waals surface area (Å²) in [5.74, 6) is 0.121. The lowest BCUT2D eigenvalue weighted by Gasteiger charge is -2.03. The first kappa shape index (κ1) is 20.0. The minimum absolute atomic E-state index is 0.0287. The Balaban J connectivity index is 1.51. The highest BCUT2D eigenvalue weighted by molar-refractivity contribution is 6.02. The van der Waals surface area contributed by atoms with Gasteiger partial charge in [0, 0.05) is 29.5 Å². The van der Waals surface area contributed by atoms with Gasteiger partial charge in [0.05, 0.1) is 4.92 Å². The molecule has 0 saturated heterocycles. The largest absolute Gasteiger partial charge is 0.436 e. The van der Waals surface area contributed by atoms with Gasteiger partial charge in [-0.3, -0.25) is 14.9 Å². The van der Waals surface area contributed by atoms with E-state index >= 15 is 0 Å². The Morgan fingerprint density at radius 2 is 1.84 bits per heavy atom. The summed E-state index contributed by atoms with van der Waals surface area (Å²) in [6, 6.07) is 17.2. The number of nitrogens with one attached hydrogen (secondary N) is 1. The van der Waals surface area contributed by atoms with Gasteiger partial charge in [-0.05, 0) is 66.9 Å². The molecule has 7 nitrogen and oxygen atoms in total. The third-order valence-corrected chi connectivity index (χ3v) is 4.89. The Hall–Kier alpha value is -4.26. The number of nitro groups is 1. The Morgan fingerprint density at radius 1 is 1.06 bits per heavy atom. The fourth-order valence-electron chi connectivity index (χ4n) is 3.13. The molecule has 31 heavy (non-hydrogen) atoms. The summed E-state index contributed by atoms with van der Waals surface area (Å²) in [4.78, 5) is 27.2. The second-order valence-electron chi connectivity index (χ2n) is 7.18. The van der Waals surface area contributed by atoms with E-state index in [9.17, 15) is 14.9 Å². The van der Waals surface area contributed by atoms with Gasteiger partial charge in [0.1, 0.15) is 5.52 Å². The number of carbonyl (C=O) groups excluding carboxylic acids is 1. The van der Waals surface area contributed by atoms with Crippen LogP contribution in [0, 0.1) is 24.0 Å². The number of oxazole rings is 1. The van der Waals surface area contributed by atoms with Crippen LogP contribution < -0.4 is 5.32 Å². The van der Waals surface area contributed by atoms with Gasteiger partial charge in [-0.2, -0.15) is 0 Å². The molecule has 4 aromatic rings. The molecule has 0 saturated carbocycles. The molecule has 0 fully saturated rings. The zero-order valence-corrected chi connectivity index (χ0v) is 17.0. The fourth-order valence-corrected chi connectivity index (χ4v) is 3.13. The van der Waals surface area contributed by atoms with Gasteiger partial charge in [-0.25, -0.2) is 4.98 Å². The molecule has 1 N–H and O–H groups in total. The maximum atomic E-state index is 12.3. The summed E-state index contributed by atoms with van der Waals surface area (Å²) in [6.45, 7) is 4.05. The third kappa shape index (κ3) is 4.51. The molecule has 0 spiro atoms. The summed E-state index contributed by atoms with van der Waals surface area (Å²) in [5, 5.41) is 13.6. The molecule has 1 aromatic heterocycles. The van der Waals surface area contributed by atoms with Crippen molar-refractivity contribution < 1.29 is 14.1 Å². The quantitative estimate of drug-likeness (QED) is 0.258. The normalized spacial score (nSPS) is 11.2. The van der Waals surface area contributed by atoms with E-state index in [0.29, 0.717) is 22.7 Å². The number of rotatable bonds is 5. The van der Waals surface area contributed by atoms with Crippen molar-refractivity contribution in [2.45, 2.75) is 13.8 Å². The van der Waals surface area contributed by atoms with Crippen LogP contribution in [-0.2, 0) is 4.79 Å². The first-order valence-electron chi connectivity index (χ1n) is 9.61. The standard InChI is InChI=1S/C24H19N3O4/c1-15-11-21-22(12-16(15)2)31-24(26-21)18-6-4-7-19(14-18)25-23(28)10-9-17-5-3-8-20(13-17)27(29)30/h3-14H,1-2H3,(H,25,28)/b10-9+. The Bertz CT molecular complexity index is 1300. The van der Waals surface area contributed by atoms with E-state index in [1.807, 2.05) is 32.0 Å². The van der Waals surface area contributed by atoms with E-state index in [1.54, 1.807) is 30.3 Å². The first-order chi connectivity index (χ1) is 14.9. The van der Waals surface area contributed by atoms with E-state index in [0.717, 1.165) is 22.2 Å². The molecule has 3 aromatic carbocycles. The van der Waals surface area contributed by atoms with Gasteiger partial charge >= 0.3 is 0 Å². The second kappa shape index (κ2) is 8.23. The van der Waals surface area contributed by atoms with Crippen molar-refractivity contribution in [3.8, 4) is 11.5 Å². The fraction of sp³-hybridized carbons (Fsp3) is 0.0833. The number of benzene rings is 3. The van der Waals surface area contributed by atoms with Gasteiger partial charge in [0.25, 0.3) is 5.69 Å². The van der Waals surface area contributed by atoms with Crippen LogP contribution in [0.25, 0.3) is 28.6 Å². The average Bonchev–Trinajstić information content (AvgIpc) is 3.16. The summed E-state index contributed by atoms with van der Waals surface area (Å²) in [7, 11) is 0. The lowest BCUT2D eigenvalue weighted by molar-refractivity contribution is -0.384. The lowest BCUT2D eigenvalue weighted by Crippen LogP contribution is -2.07. The van der Waals surface area contributed by atoms with Crippen molar-refractivity contribution in [2.24, 2.45) is 0 Å². The third-order valence-electron chi connectivity index (χ3n) is 4.89. The smallest absolute Gasteiger partial charge is 0.270 e. The SMILES string of the molecule is Cc1cc2nc(-c3cccc(NC(=O)/C=C/c4cccc([N+](=O)[O-])c4)c3)oc2cc1C. The van der Waals surface area contributed by atoms with Crippen LogP contribution in [-0.4, -0.2) is 15.8 Å². The molecule has 1 heterocycles. The number of nitrogens with zero attached hydrogens (tertiary/aromatic N) is 2. The monoisotopic (exact) mass is 413 g/mol. The number of anilines is 1. The molecule has 4 rings (SSSR count). The highest BCUT2D eigenvalue weighted by Crippen LogP contribution is 2.28. The summed E-state index contributed by atoms with van der Waals surface area (Å²) in [6.07, 6.45) is 2.86. The van der Waals surface area contributed by atoms with E-state index < -0.39 is 4.92 Å². The molecule has 0 unspecified atom stereocenters. The number of aromatic nitrogens is 1. The molecule has 154 valence electrons. The van der Waals surface area contributed by atoms with E-state index in [4.69, 9.17) is 4.42 Å². The average molecular weight is 413 g/mol. The van der Waals surface area contributed by atoms with Gasteiger partial charge in [0.2, 0.25) is 11.8 Å². The van der Waals surface area contributed by atoms with Crippen molar-refractivity contribution in [1.29, 1.82) is 0 Å². The van der Waals surface area contributed by atoms with Crippen LogP contribution in [0.1, 0.15) is 16.7 Å². The zero-order valence-electron chi connectivity index (χ0n) is 17.0. The minimum atomic E-state index is -0.475. The predicted molar refractivity (Wildman–Crippen MR) is 120 cm³/mol. The van der Waals surface area contributed by atoms with Crippen molar-refractivity contribution in [2.75, 3.05) is 5.32 Å².